The third kappa shape index (κ3) is 1.38. The van der Waals surface area contributed by atoms with Crippen molar-refractivity contribution in [2.24, 2.45) is 5.11 Å². The number of hydrogen-bond acceptors (Lipinski definition) is 3. The van der Waals surface area contributed by atoms with Crippen LogP contribution in [0.5, 0.6) is 0 Å². The van der Waals surface area contributed by atoms with E-state index < -0.39 is 0 Å². The highest BCUT2D eigenvalue weighted by Gasteiger charge is 2.24. The summed E-state index contributed by atoms with van der Waals surface area (Å²) in [7, 11) is 0. The van der Waals surface area contributed by atoms with E-state index in [1.165, 1.54) is 6.20 Å². The fourth-order valence-electron chi connectivity index (χ4n) is 2.41. The maximum Gasteiger partial charge on any atom is 0.269 e. The van der Waals surface area contributed by atoms with Crippen LogP contribution in [-0.4, -0.2) is 16.1 Å². The molecule has 1 atom stereocenters. The van der Waals surface area contributed by atoms with Crippen molar-refractivity contribution < 1.29 is 0 Å². The minimum atomic E-state index is -0.138. The van der Waals surface area contributed by atoms with Crippen LogP contribution in [0.2, 0.25) is 0 Å². The molecule has 1 aromatic heterocycles. The number of rotatable bonds is 2. The standard InChI is InChI=1S/C11H9N5O/c12-15-14-5-8-4-7-2-1-3-9-11(7)16(8)10(17)6-13-9/h1-3,6,8H,4-5H2/t8-/m0/s1. The molecule has 3 rings (SSSR count). The minimum Gasteiger partial charge on any atom is -0.302 e. The van der Waals surface area contributed by atoms with Crippen molar-refractivity contribution in [3.8, 4) is 0 Å². The summed E-state index contributed by atoms with van der Waals surface area (Å²) >= 11 is 0. The van der Waals surface area contributed by atoms with Gasteiger partial charge < -0.3 is 4.57 Å². The van der Waals surface area contributed by atoms with Gasteiger partial charge in [0, 0.05) is 17.5 Å². The predicted molar refractivity (Wildman–Crippen MR) is 62.8 cm³/mol. The summed E-state index contributed by atoms with van der Waals surface area (Å²) in [6.45, 7) is 0.296. The zero-order valence-electron chi connectivity index (χ0n) is 8.95. The van der Waals surface area contributed by atoms with Crippen LogP contribution in [0.1, 0.15) is 11.6 Å². The van der Waals surface area contributed by atoms with E-state index in [2.05, 4.69) is 15.0 Å². The van der Waals surface area contributed by atoms with Gasteiger partial charge in [0.2, 0.25) is 0 Å². The van der Waals surface area contributed by atoms with E-state index in [0.29, 0.717) is 6.54 Å². The van der Waals surface area contributed by atoms with Gasteiger partial charge in [-0.05, 0) is 23.6 Å². The fraction of sp³-hybridized carbons (Fsp3) is 0.273. The summed E-state index contributed by atoms with van der Waals surface area (Å²) in [5.74, 6) is 0. The van der Waals surface area contributed by atoms with Crippen molar-refractivity contribution in [1.29, 1.82) is 0 Å². The summed E-state index contributed by atoms with van der Waals surface area (Å²) in [5, 5.41) is 3.57. The van der Waals surface area contributed by atoms with Gasteiger partial charge in [0.1, 0.15) is 0 Å². The van der Waals surface area contributed by atoms with E-state index >= 15 is 0 Å². The molecule has 2 heterocycles. The van der Waals surface area contributed by atoms with Gasteiger partial charge in [0.15, 0.2) is 0 Å². The van der Waals surface area contributed by atoms with Crippen LogP contribution < -0.4 is 5.56 Å². The quantitative estimate of drug-likeness (QED) is 0.445. The monoisotopic (exact) mass is 227 g/mol. The van der Waals surface area contributed by atoms with Gasteiger partial charge in [0.05, 0.1) is 17.2 Å². The SMILES string of the molecule is [N-]=[N+]=NC[C@@H]1Cc2cccc3ncc(=O)n1c23. The lowest BCUT2D eigenvalue weighted by molar-refractivity contribution is 0.536. The first-order chi connectivity index (χ1) is 8.31. The van der Waals surface area contributed by atoms with Crippen molar-refractivity contribution >= 4 is 11.0 Å². The van der Waals surface area contributed by atoms with E-state index in [1.807, 2.05) is 18.2 Å². The highest BCUT2D eigenvalue weighted by molar-refractivity contribution is 5.80. The predicted octanol–water partition coefficient (Wildman–Crippen LogP) is 1.80. The Morgan fingerprint density at radius 2 is 2.47 bits per heavy atom. The fourth-order valence-corrected chi connectivity index (χ4v) is 2.41. The third-order valence-corrected chi connectivity index (χ3v) is 3.07. The summed E-state index contributed by atoms with van der Waals surface area (Å²) < 4.78 is 1.69. The lowest BCUT2D eigenvalue weighted by Crippen LogP contribution is -2.23. The van der Waals surface area contributed by atoms with Gasteiger partial charge in [-0.2, -0.15) is 0 Å². The van der Waals surface area contributed by atoms with Gasteiger partial charge >= 0.3 is 0 Å². The molecule has 1 aliphatic heterocycles. The summed E-state index contributed by atoms with van der Waals surface area (Å²) in [5.41, 5.74) is 11.0. The first-order valence-electron chi connectivity index (χ1n) is 5.31. The molecule has 6 nitrogen and oxygen atoms in total. The van der Waals surface area contributed by atoms with Crippen molar-refractivity contribution in [1.82, 2.24) is 9.55 Å². The zero-order valence-corrected chi connectivity index (χ0v) is 8.95. The number of aromatic nitrogens is 2. The highest BCUT2D eigenvalue weighted by Crippen LogP contribution is 2.29. The topological polar surface area (TPSA) is 83.7 Å². The van der Waals surface area contributed by atoms with Gasteiger partial charge in [-0.25, -0.2) is 4.98 Å². The van der Waals surface area contributed by atoms with Gasteiger partial charge in [-0.3, -0.25) is 4.79 Å². The molecule has 0 radical (unpaired) electrons. The Hall–Kier alpha value is -2.33. The second-order valence-electron chi connectivity index (χ2n) is 4.02. The van der Waals surface area contributed by atoms with Crippen LogP contribution in [0.4, 0.5) is 0 Å². The number of nitrogens with zero attached hydrogens (tertiary/aromatic N) is 5. The van der Waals surface area contributed by atoms with Gasteiger partial charge in [0.25, 0.3) is 5.56 Å². The summed E-state index contributed by atoms with van der Waals surface area (Å²) in [6.07, 6.45) is 2.04. The molecule has 84 valence electrons. The normalized spacial score (nSPS) is 17.1. The number of azide groups is 1. The Balaban J connectivity index is 2.27. The molecule has 0 amide bonds. The van der Waals surface area contributed by atoms with Crippen LogP contribution in [-0.2, 0) is 6.42 Å². The van der Waals surface area contributed by atoms with Crippen LogP contribution in [0.3, 0.4) is 0 Å². The second-order valence-corrected chi connectivity index (χ2v) is 4.02. The number of para-hydroxylation sites is 1. The molecule has 1 aliphatic rings. The molecule has 0 bridgehead atoms. The minimum absolute atomic E-state index is 0.0821. The zero-order chi connectivity index (χ0) is 11.8. The Bertz CT molecular complexity index is 699. The third-order valence-electron chi connectivity index (χ3n) is 3.07. The lowest BCUT2D eigenvalue weighted by Gasteiger charge is -2.10. The van der Waals surface area contributed by atoms with Crippen LogP contribution in [0, 0.1) is 0 Å². The first-order valence-corrected chi connectivity index (χ1v) is 5.31. The molecule has 1 aromatic carbocycles. The molecular weight excluding hydrogens is 218 g/mol. The molecule has 6 heteroatoms. The van der Waals surface area contributed by atoms with Crippen molar-refractivity contribution in [3.63, 3.8) is 0 Å². The molecule has 2 aromatic rings. The number of benzene rings is 1. The van der Waals surface area contributed by atoms with Crippen molar-refractivity contribution in [2.75, 3.05) is 6.54 Å². The molecule has 0 N–H and O–H groups in total. The Morgan fingerprint density at radius 1 is 1.59 bits per heavy atom. The molecular formula is C11H9N5O. The summed E-state index contributed by atoms with van der Waals surface area (Å²) in [6, 6.07) is 5.71. The molecule has 0 aliphatic carbocycles. The average molecular weight is 227 g/mol. The molecule has 0 unspecified atom stereocenters. The van der Waals surface area contributed by atoms with Crippen molar-refractivity contribution in [2.45, 2.75) is 12.5 Å². The lowest BCUT2D eigenvalue weighted by atomic mass is 10.1. The highest BCUT2D eigenvalue weighted by atomic mass is 16.1. The molecule has 0 fully saturated rings. The Kier molecular flexibility index (Phi) is 2.09. The summed E-state index contributed by atoms with van der Waals surface area (Å²) in [4.78, 5) is 18.7. The molecule has 17 heavy (non-hydrogen) atoms. The second kappa shape index (κ2) is 3.61. The first kappa shape index (κ1) is 9.86. The van der Waals surface area contributed by atoms with Crippen LogP contribution in [0.15, 0.2) is 34.3 Å². The molecule has 0 saturated carbocycles. The molecule has 0 spiro atoms. The van der Waals surface area contributed by atoms with Gasteiger partial charge in [-0.1, -0.05) is 17.2 Å². The van der Waals surface area contributed by atoms with Gasteiger partial charge in [-0.15, -0.1) is 0 Å². The Morgan fingerprint density at radius 3 is 3.29 bits per heavy atom. The van der Waals surface area contributed by atoms with E-state index in [9.17, 15) is 4.79 Å². The van der Waals surface area contributed by atoms with Crippen LogP contribution >= 0.6 is 0 Å². The maximum absolute atomic E-state index is 11.8. The average Bonchev–Trinajstić information content (AvgIpc) is 2.72. The number of hydrogen-bond donors (Lipinski definition) is 0. The van der Waals surface area contributed by atoms with Crippen LogP contribution in [0.25, 0.3) is 21.5 Å². The Labute approximate surface area is 96.1 Å². The van der Waals surface area contributed by atoms with E-state index in [0.717, 1.165) is 23.0 Å². The van der Waals surface area contributed by atoms with E-state index in [-0.39, 0.29) is 11.6 Å². The van der Waals surface area contributed by atoms with Crippen molar-refractivity contribution in [3.05, 3.63) is 50.8 Å². The maximum atomic E-state index is 11.8. The molecule has 0 saturated heterocycles. The largest absolute Gasteiger partial charge is 0.302 e. The smallest absolute Gasteiger partial charge is 0.269 e. The van der Waals surface area contributed by atoms with E-state index in [4.69, 9.17) is 5.53 Å². The van der Waals surface area contributed by atoms with E-state index in [1.54, 1.807) is 4.57 Å².